The summed E-state index contributed by atoms with van der Waals surface area (Å²) in [5.41, 5.74) is 2.18. The molecule has 2 saturated carbocycles. The molecule has 2 fully saturated rings. The van der Waals surface area contributed by atoms with Crippen molar-refractivity contribution >= 4 is 17.8 Å². The maximum atomic E-state index is 12.8. The van der Waals surface area contributed by atoms with Gasteiger partial charge in [0.25, 0.3) is 0 Å². The van der Waals surface area contributed by atoms with Gasteiger partial charge in [-0.05, 0) is 48.0 Å². The number of Topliss-reactive ketones (excluding diaryl/α,β-unsaturated/α-hetero) is 1. The molecule has 2 unspecified atom stereocenters. The largest absolute Gasteiger partial charge is 0.481 e. The van der Waals surface area contributed by atoms with Gasteiger partial charge in [0.2, 0.25) is 0 Å². The van der Waals surface area contributed by atoms with E-state index in [4.69, 9.17) is 5.11 Å². The molecule has 0 aromatic heterocycles. The van der Waals surface area contributed by atoms with Crippen LogP contribution in [0.5, 0.6) is 0 Å². The average Bonchev–Trinajstić information content (AvgIpc) is 2.56. The Morgan fingerprint density at radius 2 is 1.96 bits per heavy atom. The quantitative estimate of drug-likeness (QED) is 0.825. The lowest BCUT2D eigenvalue weighted by Crippen LogP contribution is -2.51. The van der Waals surface area contributed by atoms with Gasteiger partial charge in [0.1, 0.15) is 0 Å². The molecule has 1 aromatic carbocycles. The predicted octanol–water partition coefficient (Wildman–Crippen LogP) is 3.47. The van der Waals surface area contributed by atoms with Crippen LogP contribution in [0.2, 0.25) is 0 Å². The standard InChI is InChI=1S/C21H26O4/c1-13-17-4-3-5-18(22)21(17,2)12-16(20(13)25)10-14-6-8-15(9-7-14)11-19(23)24/h6-10,13,17-18,22H,3-5,11-12H2,1-2H3,(H,23,24)/b16-10+/t13?,17?,18-,21-/m0/s1. The van der Waals surface area contributed by atoms with Crippen molar-refractivity contribution in [2.24, 2.45) is 17.3 Å². The molecule has 2 aliphatic rings. The van der Waals surface area contributed by atoms with Crippen molar-refractivity contribution in [3.8, 4) is 0 Å². The third-order valence-corrected chi connectivity index (χ3v) is 6.18. The maximum Gasteiger partial charge on any atom is 0.307 e. The van der Waals surface area contributed by atoms with Gasteiger partial charge in [-0.1, -0.05) is 44.5 Å². The minimum atomic E-state index is -0.854. The van der Waals surface area contributed by atoms with E-state index in [1.54, 1.807) is 12.1 Å². The fraction of sp³-hybridized carbons (Fsp3) is 0.524. The van der Waals surface area contributed by atoms with Crippen LogP contribution in [0.25, 0.3) is 6.08 Å². The van der Waals surface area contributed by atoms with Crippen LogP contribution in [0, 0.1) is 17.3 Å². The molecule has 2 aliphatic carbocycles. The fourth-order valence-corrected chi connectivity index (χ4v) is 4.71. The van der Waals surface area contributed by atoms with Gasteiger partial charge in [0.05, 0.1) is 12.5 Å². The number of carbonyl (C=O) groups is 2. The summed E-state index contributed by atoms with van der Waals surface area (Å²) in [6, 6.07) is 7.29. The lowest BCUT2D eigenvalue weighted by atomic mass is 9.54. The Balaban J connectivity index is 1.87. The third-order valence-electron chi connectivity index (χ3n) is 6.18. The van der Waals surface area contributed by atoms with Gasteiger partial charge < -0.3 is 10.2 Å². The lowest BCUT2D eigenvalue weighted by Gasteiger charge is -2.51. The SMILES string of the molecule is CC1C(=O)/C(=C/c2ccc(CC(=O)O)cc2)C[C@@]2(C)C1CCC[C@@H]2O. The Morgan fingerprint density at radius 1 is 1.28 bits per heavy atom. The molecule has 4 nitrogen and oxygen atoms in total. The molecule has 0 aliphatic heterocycles. The van der Waals surface area contributed by atoms with Crippen LogP contribution >= 0.6 is 0 Å². The molecule has 2 N–H and O–H groups in total. The van der Waals surface area contributed by atoms with Gasteiger partial charge in [-0.3, -0.25) is 9.59 Å². The van der Waals surface area contributed by atoms with Gasteiger partial charge in [-0.15, -0.1) is 0 Å². The Kier molecular flexibility index (Phi) is 4.83. The van der Waals surface area contributed by atoms with Gasteiger partial charge in [0, 0.05) is 11.3 Å². The van der Waals surface area contributed by atoms with E-state index in [2.05, 4.69) is 6.92 Å². The number of hydrogen-bond donors (Lipinski definition) is 2. The van der Waals surface area contributed by atoms with Crippen molar-refractivity contribution in [3.05, 3.63) is 41.0 Å². The zero-order valence-electron chi connectivity index (χ0n) is 14.9. The summed E-state index contributed by atoms with van der Waals surface area (Å²) < 4.78 is 0. The minimum Gasteiger partial charge on any atom is -0.481 e. The van der Waals surface area contributed by atoms with Crippen molar-refractivity contribution in [2.75, 3.05) is 0 Å². The summed E-state index contributed by atoms with van der Waals surface area (Å²) in [5.74, 6) is -0.482. The predicted molar refractivity (Wildman–Crippen MR) is 96.0 cm³/mol. The van der Waals surface area contributed by atoms with Crippen LogP contribution in [0.3, 0.4) is 0 Å². The van der Waals surface area contributed by atoms with E-state index in [-0.39, 0.29) is 35.6 Å². The number of carboxylic acid groups (broad SMARTS) is 1. The molecule has 0 heterocycles. The number of fused-ring (bicyclic) bond motifs is 1. The second kappa shape index (κ2) is 6.75. The maximum absolute atomic E-state index is 12.8. The first-order valence-electron chi connectivity index (χ1n) is 9.05. The van der Waals surface area contributed by atoms with E-state index < -0.39 is 5.97 Å². The monoisotopic (exact) mass is 342 g/mol. The molecule has 0 amide bonds. The molecule has 0 bridgehead atoms. The molecule has 0 radical (unpaired) electrons. The molecule has 134 valence electrons. The molecule has 4 heteroatoms. The molecule has 4 atom stereocenters. The van der Waals surface area contributed by atoms with E-state index in [9.17, 15) is 14.7 Å². The Morgan fingerprint density at radius 3 is 2.60 bits per heavy atom. The zero-order valence-corrected chi connectivity index (χ0v) is 14.9. The molecule has 0 saturated heterocycles. The van der Waals surface area contributed by atoms with E-state index in [1.165, 1.54) is 0 Å². The van der Waals surface area contributed by atoms with Crippen molar-refractivity contribution in [3.63, 3.8) is 0 Å². The van der Waals surface area contributed by atoms with E-state index in [1.807, 2.05) is 25.1 Å². The number of carbonyl (C=O) groups excluding carboxylic acids is 1. The van der Waals surface area contributed by atoms with Crippen LogP contribution in [0.1, 0.15) is 50.7 Å². The molecule has 25 heavy (non-hydrogen) atoms. The molecular weight excluding hydrogens is 316 g/mol. The highest BCUT2D eigenvalue weighted by Gasteiger charge is 2.51. The summed E-state index contributed by atoms with van der Waals surface area (Å²) in [6.07, 6.45) is 4.97. The Labute approximate surface area is 148 Å². The fourth-order valence-electron chi connectivity index (χ4n) is 4.71. The number of ketones is 1. The highest BCUT2D eigenvalue weighted by Crippen LogP contribution is 2.53. The van der Waals surface area contributed by atoms with Crippen LogP contribution in [0.4, 0.5) is 0 Å². The number of aliphatic carboxylic acids is 1. The number of carboxylic acids is 1. The number of rotatable bonds is 3. The van der Waals surface area contributed by atoms with Crippen molar-refractivity contribution in [1.82, 2.24) is 0 Å². The first kappa shape index (κ1) is 17.9. The summed E-state index contributed by atoms with van der Waals surface area (Å²) >= 11 is 0. The topological polar surface area (TPSA) is 74.6 Å². The number of allylic oxidation sites excluding steroid dienone is 1. The van der Waals surface area contributed by atoms with Gasteiger partial charge in [0.15, 0.2) is 5.78 Å². The summed E-state index contributed by atoms with van der Waals surface area (Å²) in [6.45, 7) is 4.11. The van der Waals surface area contributed by atoms with Gasteiger partial charge in [-0.25, -0.2) is 0 Å². The second-order valence-electron chi connectivity index (χ2n) is 7.87. The molecule has 0 spiro atoms. The number of aliphatic hydroxyl groups is 1. The van der Waals surface area contributed by atoms with Crippen molar-refractivity contribution < 1.29 is 19.8 Å². The van der Waals surface area contributed by atoms with E-state index in [0.717, 1.165) is 36.0 Å². The number of hydrogen-bond acceptors (Lipinski definition) is 3. The number of benzene rings is 1. The molecule has 1 aromatic rings. The van der Waals surface area contributed by atoms with Gasteiger partial charge in [-0.2, -0.15) is 0 Å². The van der Waals surface area contributed by atoms with Crippen LogP contribution in [-0.2, 0) is 16.0 Å². The Hall–Kier alpha value is -1.94. The Bertz CT molecular complexity index is 703. The zero-order chi connectivity index (χ0) is 18.2. The first-order valence-corrected chi connectivity index (χ1v) is 9.05. The van der Waals surface area contributed by atoms with Crippen LogP contribution in [0.15, 0.2) is 29.8 Å². The van der Waals surface area contributed by atoms with E-state index >= 15 is 0 Å². The van der Waals surface area contributed by atoms with E-state index in [0.29, 0.717) is 6.42 Å². The van der Waals surface area contributed by atoms with Crippen LogP contribution in [-0.4, -0.2) is 28.1 Å². The highest BCUT2D eigenvalue weighted by molar-refractivity contribution is 6.02. The smallest absolute Gasteiger partial charge is 0.307 e. The van der Waals surface area contributed by atoms with Crippen molar-refractivity contribution in [1.29, 1.82) is 0 Å². The average molecular weight is 342 g/mol. The summed E-state index contributed by atoms with van der Waals surface area (Å²) in [5, 5.41) is 19.4. The summed E-state index contributed by atoms with van der Waals surface area (Å²) in [7, 11) is 0. The normalized spacial score (nSPS) is 34.0. The van der Waals surface area contributed by atoms with Crippen LogP contribution < -0.4 is 0 Å². The minimum absolute atomic E-state index is 0.00123. The molecule has 3 rings (SSSR count). The van der Waals surface area contributed by atoms with Crippen molar-refractivity contribution in [2.45, 2.75) is 52.1 Å². The highest BCUT2D eigenvalue weighted by atomic mass is 16.4. The summed E-state index contributed by atoms with van der Waals surface area (Å²) in [4.78, 5) is 23.6. The first-order chi connectivity index (χ1) is 11.8. The van der Waals surface area contributed by atoms with Gasteiger partial charge >= 0.3 is 5.97 Å². The second-order valence-corrected chi connectivity index (χ2v) is 7.87. The number of aliphatic hydroxyl groups excluding tert-OH is 1. The lowest BCUT2D eigenvalue weighted by molar-refractivity contribution is -0.136. The molecular formula is C21H26O4. The third kappa shape index (κ3) is 3.40.